The molecule has 1 saturated heterocycles. The highest BCUT2D eigenvalue weighted by atomic mass is 19.4. The largest absolute Gasteiger partial charge is 0.481 e. The number of halogens is 3. The van der Waals surface area contributed by atoms with Crippen molar-refractivity contribution < 1.29 is 27.9 Å². The van der Waals surface area contributed by atoms with Crippen molar-refractivity contribution in [1.82, 2.24) is 9.47 Å². The second-order valence-corrected chi connectivity index (χ2v) is 6.82. The average Bonchev–Trinajstić information content (AvgIpc) is 3.17. The van der Waals surface area contributed by atoms with Gasteiger partial charge in [0, 0.05) is 30.2 Å². The highest BCUT2D eigenvalue weighted by Crippen LogP contribution is 2.46. The lowest BCUT2D eigenvalue weighted by atomic mass is 9.86. The lowest BCUT2D eigenvalue weighted by Gasteiger charge is -2.27. The number of carbonyl (C=O) groups is 2. The van der Waals surface area contributed by atoms with E-state index in [1.54, 1.807) is 19.9 Å². The third-order valence-corrected chi connectivity index (χ3v) is 5.18. The molecule has 1 amide bonds. The summed E-state index contributed by atoms with van der Waals surface area (Å²) in [6.45, 7) is 2.40. The van der Waals surface area contributed by atoms with Gasteiger partial charge in [-0.15, -0.1) is 0 Å². The topological polar surface area (TPSA) is 62.5 Å². The fourth-order valence-corrected chi connectivity index (χ4v) is 3.63. The lowest BCUT2D eigenvalue weighted by molar-refractivity contribution is -0.227. The Bertz CT molecular complexity index is 890. The van der Waals surface area contributed by atoms with E-state index >= 15 is 0 Å². The highest BCUT2D eigenvalue weighted by molar-refractivity contribution is 5.96. The first-order chi connectivity index (χ1) is 12.6. The van der Waals surface area contributed by atoms with Gasteiger partial charge in [0.1, 0.15) is 0 Å². The number of aromatic nitrogens is 1. The van der Waals surface area contributed by atoms with Crippen LogP contribution >= 0.6 is 0 Å². The Labute approximate surface area is 154 Å². The van der Waals surface area contributed by atoms with Gasteiger partial charge in [-0.3, -0.25) is 9.59 Å². The number of aliphatic carboxylic acids is 1. The molecule has 5 nitrogen and oxygen atoms in total. The number of amides is 1. The predicted molar refractivity (Wildman–Crippen MR) is 91.9 cm³/mol. The van der Waals surface area contributed by atoms with Crippen LogP contribution < -0.4 is 0 Å². The SMILES string of the molecule is Cc1cc(C(=O)N2CCC(C(=O)O)(C(F)(F)F)C2)c(C)n1-c1ccccc1. The van der Waals surface area contributed by atoms with Crippen molar-refractivity contribution in [3.63, 3.8) is 0 Å². The number of carboxylic acid groups (broad SMARTS) is 1. The van der Waals surface area contributed by atoms with Crippen molar-refractivity contribution in [3.05, 3.63) is 53.3 Å². The summed E-state index contributed by atoms with van der Waals surface area (Å²) in [5.41, 5.74) is -0.430. The van der Waals surface area contributed by atoms with Crippen LogP contribution in [0.25, 0.3) is 5.69 Å². The van der Waals surface area contributed by atoms with Gasteiger partial charge in [0.15, 0.2) is 5.41 Å². The maximum atomic E-state index is 13.4. The monoisotopic (exact) mass is 380 g/mol. The minimum atomic E-state index is -4.92. The quantitative estimate of drug-likeness (QED) is 0.886. The molecule has 2 aromatic rings. The van der Waals surface area contributed by atoms with Crippen LogP contribution in [-0.4, -0.2) is 45.7 Å². The second-order valence-electron chi connectivity index (χ2n) is 6.82. The van der Waals surface area contributed by atoms with Gasteiger partial charge in [-0.2, -0.15) is 13.2 Å². The summed E-state index contributed by atoms with van der Waals surface area (Å²) >= 11 is 0. The highest BCUT2D eigenvalue weighted by Gasteiger charge is 2.64. The van der Waals surface area contributed by atoms with E-state index in [1.165, 1.54) is 0 Å². The zero-order chi connectivity index (χ0) is 20.0. The molecule has 1 aliphatic heterocycles. The normalized spacial score (nSPS) is 20.1. The number of hydrogen-bond donors (Lipinski definition) is 1. The Morgan fingerprint density at radius 2 is 1.78 bits per heavy atom. The van der Waals surface area contributed by atoms with Crippen LogP contribution in [0.2, 0.25) is 0 Å². The Morgan fingerprint density at radius 1 is 1.15 bits per heavy atom. The average molecular weight is 380 g/mol. The van der Waals surface area contributed by atoms with Crippen molar-refractivity contribution in [2.24, 2.45) is 5.41 Å². The third-order valence-electron chi connectivity index (χ3n) is 5.18. The third kappa shape index (κ3) is 2.98. The Balaban J connectivity index is 1.93. The van der Waals surface area contributed by atoms with E-state index in [9.17, 15) is 22.8 Å². The van der Waals surface area contributed by atoms with E-state index in [-0.39, 0.29) is 12.1 Å². The molecule has 0 bridgehead atoms. The summed E-state index contributed by atoms with van der Waals surface area (Å²) in [6, 6.07) is 10.9. The van der Waals surface area contributed by atoms with Crippen LogP contribution in [0, 0.1) is 19.3 Å². The van der Waals surface area contributed by atoms with E-state index in [0.29, 0.717) is 5.69 Å². The van der Waals surface area contributed by atoms with Crippen LogP contribution in [0.4, 0.5) is 13.2 Å². The number of benzene rings is 1. The van der Waals surface area contributed by atoms with Crippen molar-refractivity contribution in [3.8, 4) is 5.69 Å². The van der Waals surface area contributed by atoms with Crippen LogP contribution in [-0.2, 0) is 4.79 Å². The van der Waals surface area contributed by atoms with Crippen LogP contribution in [0.15, 0.2) is 36.4 Å². The van der Waals surface area contributed by atoms with Gasteiger partial charge in [0.05, 0.1) is 5.56 Å². The number of carbonyl (C=O) groups excluding carboxylic acids is 1. The van der Waals surface area contributed by atoms with E-state index in [4.69, 9.17) is 5.11 Å². The van der Waals surface area contributed by atoms with Gasteiger partial charge < -0.3 is 14.6 Å². The van der Waals surface area contributed by atoms with Gasteiger partial charge in [-0.05, 0) is 38.5 Å². The van der Waals surface area contributed by atoms with Gasteiger partial charge >= 0.3 is 12.1 Å². The molecule has 2 heterocycles. The molecule has 8 heteroatoms. The van der Waals surface area contributed by atoms with E-state index in [1.807, 2.05) is 34.9 Å². The molecule has 1 atom stereocenters. The number of hydrogen-bond acceptors (Lipinski definition) is 2. The van der Waals surface area contributed by atoms with Crippen molar-refractivity contribution >= 4 is 11.9 Å². The van der Waals surface area contributed by atoms with Crippen LogP contribution in [0.1, 0.15) is 28.2 Å². The molecule has 3 rings (SSSR count). The molecule has 0 saturated carbocycles. The summed E-state index contributed by atoms with van der Waals surface area (Å²) in [6.07, 6.45) is -5.57. The number of aryl methyl sites for hydroxylation is 1. The molecule has 1 unspecified atom stereocenters. The zero-order valence-electron chi connectivity index (χ0n) is 14.9. The Hall–Kier alpha value is -2.77. The minimum absolute atomic E-state index is 0.250. The lowest BCUT2D eigenvalue weighted by Crippen LogP contribution is -2.47. The molecular weight excluding hydrogens is 361 g/mol. The molecule has 0 spiro atoms. The van der Waals surface area contributed by atoms with Gasteiger partial charge in [-0.1, -0.05) is 18.2 Å². The summed E-state index contributed by atoms with van der Waals surface area (Å²) < 4.78 is 41.9. The molecule has 1 aliphatic rings. The van der Waals surface area contributed by atoms with E-state index in [2.05, 4.69) is 0 Å². The van der Waals surface area contributed by atoms with Crippen molar-refractivity contribution in [2.75, 3.05) is 13.1 Å². The van der Waals surface area contributed by atoms with Crippen molar-refractivity contribution in [1.29, 1.82) is 0 Å². The summed E-state index contributed by atoms with van der Waals surface area (Å²) in [5, 5.41) is 9.16. The summed E-state index contributed by atoms with van der Waals surface area (Å²) in [7, 11) is 0. The van der Waals surface area contributed by atoms with Crippen molar-refractivity contribution in [2.45, 2.75) is 26.4 Å². The molecule has 1 aromatic heterocycles. The van der Waals surface area contributed by atoms with Gasteiger partial charge in [-0.25, -0.2) is 0 Å². The number of alkyl halides is 3. The maximum absolute atomic E-state index is 13.4. The van der Waals surface area contributed by atoms with E-state index < -0.39 is 36.4 Å². The number of nitrogens with zero attached hydrogens (tertiary/aromatic N) is 2. The minimum Gasteiger partial charge on any atom is -0.481 e. The number of rotatable bonds is 3. The number of carboxylic acids is 1. The fraction of sp³-hybridized carbons (Fsp3) is 0.368. The molecule has 144 valence electrons. The summed E-state index contributed by atoms with van der Waals surface area (Å²) in [4.78, 5) is 25.2. The Morgan fingerprint density at radius 3 is 2.30 bits per heavy atom. The van der Waals surface area contributed by atoms with Crippen LogP contribution in [0.3, 0.4) is 0 Å². The fourth-order valence-electron chi connectivity index (χ4n) is 3.63. The van der Waals surface area contributed by atoms with E-state index in [0.717, 1.165) is 16.3 Å². The summed E-state index contributed by atoms with van der Waals surface area (Å²) in [5.74, 6) is -2.53. The molecular formula is C19H19F3N2O3. The van der Waals surface area contributed by atoms with Crippen LogP contribution in [0.5, 0.6) is 0 Å². The number of likely N-dealkylation sites (tertiary alicyclic amines) is 1. The second kappa shape index (κ2) is 6.44. The molecule has 27 heavy (non-hydrogen) atoms. The first kappa shape index (κ1) is 19.0. The Kier molecular flexibility index (Phi) is 4.53. The van der Waals surface area contributed by atoms with Gasteiger partial charge in [0.25, 0.3) is 5.91 Å². The van der Waals surface area contributed by atoms with Gasteiger partial charge in [0.2, 0.25) is 0 Å². The molecule has 1 fully saturated rings. The molecule has 1 N–H and O–H groups in total. The first-order valence-electron chi connectivity index (χ1n) is 8.42. The predicted octanol–water partition coefficient (Wildman–Crippen LogP) is 3.57. The zero-order valence-corrected chi connectivity index (χ0v) is 14.9. The number of para-hydroxylation sites is 1. The first-order valence-corrected chi connectivity index (χ1v) is 8.42. The standard InChI is InChI=1S/C19H19F3N2O3/c1-12-10-15(13(2)24(12)14-6-4-3-5-7-14)16(25)23-9-8-18(11-23,17(26)27)19(20,21)22/h3-7,10H,8-9,11H2,1-2H3,(H,26,27). The molecule has 0 radical (unpaired) electrons. The maximum Gasteiger partial charge on any atom is 0.406 e. The molecule has 0 aliphatic carbocycles. The smallest absolute Gasteiger partial charge is 0.406 e. The molecule has 1 aromatic carbocycles.